The Bertz CT molecular complexity index is 1780. The molecule has 0 aliphatic carbocycles. The first-order chi connectivity index (χ1) is 19.3. The molecular formula is C29H24ClIN2O5S2. The molecule has 0 amide bonds. The minimum atomic E-state index is -0.601. The zero-order chi connectivity index (χ0) is 28.4. The van der Waals surface area contributed by atoms with Crippen LogP contribution in [0, 0.1) is 3.57 Å². The van der Waals surface area contributed by atoms with Crippen molar-refractivity contribution in [2.45, 2.75) is 26.5 Å². The van der Waals surface area contributed by atoms with Crippen LogP contribution in [0.15, 0.2) is 75.0 Å². The second kappa shape index (κ2) is 12.3. The Morgan fingerprint density at radius 3 is 2.67 bits per heavy atom. The van der Waals surface area contributed by atoms with Crippen LogP contribution < -0.4 is 24.4 Å². The van der Waals surface area contributed by atoms with Gasteiger partial charge in [-0.15, -0.1) is 11.3 Å². The fraction of sp³-hybridized carbons (Fsp3) is 0.207. The Kier molecular flexibility index (Phi) is 8.79. The lowest BCUT2D eigenvalue weighted by Crippen LogP contribution is -2.39. The number of hydrogen-bond donors (Lipinski definition) is 0. The highest BCUT2D eigenvalue weighted by Crippen LogP contribution is 2.35. The number of benzene rings is 2. The molecule has 2 aromatic carbocycles. The quantitative estimate of drug-likeness (QED) is 0.174. The molecule has 5 rings (SSSR count). The lowest BCUT2D eigenvalue weighted by molar-refractivity contribution is -0.139. The van der Waals surface area contributed by atoms with Crippen LogP contribution in [-0.4, -0.2) is 24.3 Å². The number of halogens is 2. The van der Waals surface area contributed by atoms with Crippen molar-refractivity contribution in [3.05, 3.63) is 109 Å². The van der Waals surface area contributed by atoms with Gasteiger partial charge in [-0.25, -0.2) is 9.79 Å². The monoisotopic (exact) mass is 706 g/mol. The number of nitrogens with zero attached hydrogens (tertiary/aromatic N) is 2. The van der Waals surface area contributed by atoms with Crippen LogP contribution in [0.5, 0.6) is 11.5 Å². The van der Waals surface area contributed by atoms with E-state index in [0.717, 1.165) is 19.6 Å². The Hall–Kier alpha value is -2.93. The number of fused-ring (bicyclic) bond motifs is 1. The topological polar surface area (TPSA) is 79.1 Å². The summed E-state index contributed by atoms with van der Waals surface area (Å²) in [6, 6.07) is 14.5. The average Bonchev–Trinajstić information content (AvgIpc) is 3.56. The molecular weight excluding hydrogens is 683 g/mol. The van der Waals surface area contributed by atoms with Gasteiger partial charge in [0.15, 0.2) is 16.3 Å². The van der Waals surface area contributed by atoms with Crippen LogP contribution in [0.1, 0.15) is 35.9 Å². The number of thiophene rings is 1. The molecule has 0 unspecified atom stereocenters. The summed E-state index contributed by atoms with van der Waals surface area (Å²) in [6.45, 7) is 4.12. The summed E-state index contributed by atoms with van der Waals surface area (Å²) < 4.78 is 20.0. The fourth-order valence-corrected chi connectivity index (χ4v) is 7.14. The molecule has 0 N–H and O–H groups in total. The summed E-state index contributed by atoms with van der Waals surface area (Å²) in [6.07, 6.45) is 1.81. The summed E-state index contributed by atoms with van der Waals surface area (Å²) in [5.41, 5.74) is 2.45. The van der Waals surface area contributed by atoms with E-state index in [9.17, 15) is 9.59 Å². The molecule has 0 fully saturated rings. The highest BCUT2D eigenvalue weighted by atomic mass is 127. The first-order valence-electron chi connectivity index (χ1n) is 12.3. The lowest BCUT2D eigenvalue weighted by atomic mass is 10.0. The minimum absolute atomic E-state index is 0.228. The molecule has 206 valence electrons. The van der Waals surface area contributed by atoms with Crippen LogP contribution in [-0.2, 0) is 16.1 Å². The molecule has 0 radical (unpaired) electrons. The molecule has 7 nitrogen and oxygen atoms in total. The van der Waals surface area contributed by atoms with Gasteiger partial charge in [0, 0.05) is 9.90 Å². The molecule has 2 aromatic heterocycles. The lowest BCUT2D eigenvalue weighted by Gasteiger charge is -2.23. The van der Waals surface area contributed by atoms with E-state index in [4.69, 9.17) is 25.8 Å². The van der Waals surface area contributed by atoms with E-state index < -0.39 is 12.0 Å². The summed E-state index contributed by atoms with van der Waals surface area (Å²) in [5.74, 6) is 0.700. The minimum Gasteiger partial charge on any atom is -0.493 e. The average molecular weight is 707 g/mol. The molecule has 1 aliphatic heterocycles. The van der Waals surface area contributed by atoms with Crippen molar-refractivity contribution in [3.8, 4) is 11.5 Å². The molecule has 1 aliphatic rings. The summed E-state index contributed by atoms with van der Waals surface area (Å²) in [5, 5.41) is 2.59. The van der Waals surface area contributed by atoms with Crippen molar-refractivity contribution in [2.24, 2.45) is 4.99 Å². The molecule has 40 heavy (non-hydrogen) atoms. The molecule has 4 aromatic rings. The second-order valence-electron chi connectivity index (χ2n) is 8.77. The third-order valence-electron chi connectivity index (χ3n) is 6.18. The van der Waals surface area contributed by atoms with E-state index in [0.29, 0.717) is 43.7 Å². The maximum absolute atomic E-state index is 13.8. The second-order valence-corrected chi connectivity index (χ2v) is 12.4. The van der Waals surface area contributed by atoms with Gasteiger partial charge in [-0.3, -0.25) is 9.36 Å². The number of thiazole rings is 1. The van der Waals surface area contributed by atoms with Crippen LogP contribution in [0.4, 0.5) is 0 Å². The first kappa shape index (κ1) is 28.6. The van der Waals surface area contributed by atoms with Crippen LogP contribution in [0.2, 0.25) is 5.02 Å². The van der Waals surface area contributed by atoms with Gasteiger partial charge in [-0.05, 0) is 89.4 Å². The van der Waals surface area contributed by atoms with Gasteiger partial charge in [-0.2, -0.15) is 0 Å². The fourth-order valence-electron chi connectivity index (χ4n) is 4.36. The zero-order valence-corrected chi connectivity index (χ0v) is 26.3. The number of aromatic nitrogens is 1. The number of hydrogen-bond acceptors (Lipinski definition) is 8. The van der Waals surface area contributed by atoms with Crippen molar-refractivity contribution in [2.75, 3.05) is 13.7 Å². The largest absolute Gasteiger partial charge is 0.493 e. The maximum Gasteiger partial charge on any atom is 0.338 e. The molecule has 0 saturated carbocycles. The van der Waals surface area contributed by atoms with Crippen LogP contribution in [0.25, 0.3) is 6.08 Å². The van der Waals surface area contributed by atoms with Gasteiger partial charge < -0.3 is 14.2 Å². The van der Waals surface area contributed by atoms with Crippen molar-refractivity contribution in [3.63, 3.8) is 0 Å². The highest BCUT2D eigenvalue weighted by Gasteiger charge is 2.33. The summed E-state index contributed by atoms with van der Waals surface area (Å²) in [7, 11) is 1.58. The van der Waals surface area contributed by atoms with Gasteiger partial charge >= 0.3 is 5.97 Å². The smallest absolute Gasteiger partial charge is 0.338 e. The van der Waals surface area contributed by atoms with E-state index in [1.165, 1.54) is 22.7 Å². The predicted octanol–water partition coefficient (Wildman–Crippen LogP) is 5.71. The summed E-state index contributed by atoms with van der Waals surface area (Å²) in [4.78, 5) is 32.8. The first-order valence-corrected chi connectivity index (χ1v) is 15.4. The van der Waals surface area contributed by atoms with Gasteiger partial charge in [0.05, 0.1) is 33.1 Å². The van der Waals surface area contributed by atoms with E-state index in [-0.39, 0.29) is 12.2 Å². The number of esters is 1. The Morgan fingerprint density at radius 2 is 2.00 bits per heavy atom. The number of carbonyl (C=O) groups excluding carboxylic acids is 1. The maximum atomic E-state index is 13.8. The van der Waals surface area contributed by atoms with Crippen molar-refractivity contribution < 1.29 is 19.0 Å². The SMILES string of the molecule is CCOC(=O)C1=C(C)N=c2s/c(=C\c3cc(I)c(OCc4ccc(Cl)cc4)c(OC)c3)c(=O)n2[C@@H]1c1cccs1. The van der Waals surface area contributed by atoms with E-state index >= 15 is 0 Å². The Morgan fingerprint density at radius 1 is 1.23 bits per heavy atom. The molecule has 11 heteroatoms. The number of rotatable bonds is 8. The Labute approximate surface area is 257 Å². The van der Waals surface area contributed by atoms with Crippen LogP contribution >= 0.6 is 56.9 Å². The number of ether oxygens (including phenoxy) is 3. The van der Waals surface area contributed by atoms with Crippen molar-refractivity contribution in [1.82, 2.24) is 4.57 Å². The van der Waals surface area contributed by atoms with Gasteiger partial charge in [0.25, 0.3) is 5.56 Å². The van der Waals surface area contributed by atoms with Crippen molar-refractivity contribution in [1.29, 1.82) is 0 Å². The van der Waals surface area contributed by atoms with E-state index in [2.05, 4.69) is 27.6 Å². The van der Waals surface area contributed by atoms with Crippen LogP contribution in [0.3, 0.4) is 0 Å². The number of carbonyl (C=O) groups is 1. The number of methoxy groups -OCH3 is 1. The van der Waals surface area contributed by atoms with Gasteiger partial charge in [0.2, 0.25) is 0 Å². The molecule has 0 spiro atoms. The van der Waals surface area contributed by atoms with Gasteiger partial charge in [0.1, 0.15) is 12.6 Å². The van der Waals surface area contributed by atoms with E-state index in [1.54, 1.807) is 25.5 Å². The third-order valence-corrected chi connectivity index (χ3v) is 9.14. The predicted molar refractivity (Wildman–Crippen MR) is 166 cm³/mol. The zero-order valence-electron chi connectivity index (χ0n) is 21.8. The van der Waals surface area contributed by atoms with E-state index in [1.807, 2.05) is 60.0 Å². The van der Waals surface area contributed by atoms with Gasteiger partial charge in [-0.1, -0.05) is 41.1 Å². The highest BCUT2D eigenvalue weighted by molar-refractivity contribution is 14.1. The van der Waals surface area contributed by atoms with Crippen molar-refractivity contribution >= 4 is 68.9 Å². The third kappa shape index (κ3) is 5.76. The standard InChI is InChI=1S/C29H24ClIN2O5S2/c1-4-37-28(35)24-16(2)32-29-33(25(24)22-6-5-11-39-22)27(34)23(40-29)14-18-12-20(31)26(21(13-18)36-3)38-15-17-7-9-19(30)10-8-17/h5-14,25H,4,15H2,1-3H3/b23-14-/t25-/m1/s1. The number of allylic oxidation sites excluding steroid dienone is 1. The Balaban J connectivity index is 1.54. The normalized spacial score (nSPS) is 15.0. The molecule has 3 heterocycles. The molecule has 0 saturated heterocycles. The summed E-state index contributed by atoms with van der Waals surface area (Å²) >= 11 is 11.0. The molecule has 1 atom stereocenters. The molecule has 0 bridgehead atoms.